The minimum Gasteiger partial charge on any atom is -0.492 e. The van der Waals surface area contributed by atoms with Gasteiger partial charge >= 0.3 is 0 Å². The lowest BCUT2D eigenvalue weighted by Gasteiger charge is -2.43. The first kappa shape index (κ1) is 28.0. The summed E-state index contributed by atoms with van der Waals surface area (Å²) in [5.74, 6) is 0.619. The number of benzene rings is 2. The van der Waals surface area contributed by atoms with Crippen molar-refractivity contribution in [2.24, 2.45) is 0 Å². The molecular formula is C28H37N5O4S. The lowest BCUT2D eigenvalue weighted by atomic mass is 10.1. The molecule has 10 heteroatoms. The highest BCUT2D eigenvalue weighted by molar-refractivity contribution is 7.89. The van der Waals surface area contributed by atoms with E-state index in [9.17, 15) is 13.2 Å². The minimum absolute atomic E-state index is 0.119. The zero-order valence-electron chi connectivity index (χ0n) is 22.4. The van der Waals surface area contributed by atoms with E-state index in [2.05, 4.69) is 15.1 Å². The number of anilines is 1. The Bertz CT molecular complexity index is 1270. The first-order valence-corrected chi connectivity index (χ1v) is 14.6. The summed E-state index contributed by atoms with van der Waals surface area (Å²) >= 11 is 0. The number of hydrogen-bond acceptors (Lipinski definition) is 6. The second kappa shape index (κ2) is 12.3. The molecule has 2 aromatic carbocycles. The van der Waals surface area contributed by atoms with E-state index < -0.39 is 10.0 Å². The van der Waals surface area contributed by atoms with Gasteiger partial charge in [0.2, 0.25) is 15.9 Å². The molecule has 2 heterocycles. The summed E-state index contributed by atoms with van der Waals surface area (Å²) < 4.78 is 34.3. The van der Waals surface area contributed by atoms with Gasteiger partial charge in [0.1, 0.15) is 12.4 Å². The van der Waals surface area contributed by atoms with Crippen LogP contribution in [0.5, 0.6) is 5.75 Å². The van der Waals surface area contributed by atoms with Crippen LogP contribution in [0.2, 0.25) is 0 Å². The van der Waals surface area contributed by atoms with Crippen LogP contribution in [0.4, 0.5) is 11.4 Å². The number of carbonyl (C=O) groups excluding carboxylic acids is 1. The molecule has 2 saturated heterocycles. The maximum Gasteiger partial charge on any atom is 0.242 e. The Morgan fingerprint density at radius 3 is 2.45 bits per heavy atom. The van der Waals surface area contributed by atoms with E-state index in [-0.39, 0.29) is 35.1 Å². The third-order valence-electron chi connectivity index (χ3n) is 7.22. The van der Waals surface area contributed by atoms with E-state index in [0.717, 1.165) is 36.6 Å². The van der Waals surface area contributed by atoms with Gasteiger partial charge in [-0.25, -0.2) is 13.3 Å². The molecule has 2 aromatic rings. The van der Waals surface area contributed by atoms with Gasteiger partial charge in [-0.2, -0.15) is 4.31 Å². The molecule has 0 radical (unpaired) electrons. The molecular weight excluding hydrogens is 502 g/mol. The molecule has 2 atom stereocenters. The topological polar surface area (TPSA) is 86.5 Å². The molecule has 0 aromatic heterocycles. The van der Waals surface area contributed by atoms with Gasteiger partial charge in [-0.3, -0.25) is 14.6 Å². The first-order chi connectivity index (χ1) is 18.2. The summed E-state index contributed by atoms with van der Waals surface area (Å²) in [6.07, 6.45) is 2.50. The van der Waals surface area contributed by atoms with Gasteiger partial charge in [0.25, 0.3) is 0 Å². The van der Waals surface area contributed by atoms with Crippen molar-refractivity contribution in [2.75, 3.05) is 51.2 Å². The van der Waals surface area contributed by atoms with Crippen LogP contribution in [-0.4, -0.2) is 86.4 Å². The van der Waals surface area contributed by atoms with E-state index in [0.29, 0.717) is 19.7 Å². The molecule has 0 spiro atoms. The summed E-state index contributed by atoms with van der Waals surface area (Å²) in [5, 5.41) is 3.01. The molecule has 1 amide bonds. The molecule has 0 saturated carbocycles. The fourth-order valence-corrected chi connectivity index (χ4v) is 7.29. The van der Waals surface area contributed by atoms with Crippen molar-refractivity contribution >= 4 is 27.3 Å². The number of ether oxygens (including phenoxy) is 1. The highest BCUT2D eigenvalue weighted by atomic mass is 32.2. The zero-order valence-corrected chi connectivity index (χ0v) is 23.2. The molecule has 0 bridgehead atoms. The fourth-order valence-electron chi connectivity index (χ4n) is 5.45. The van der Waals surface area contributed by atoms with Gasteiger partial charge in [-0.1, -0.05) is 18.2 Å². The second-order valence-corrected chi connectivity index (χ2v) is 12.1. The molecule has 2 aliphatic rings. The number of amides is 1. The number of piperazine rings is 1. The summed E-state index contributed by atoms with van der Waals surface area (Å²) in [4.78, 5) is 20.8. The maximum atomic E-state index is 13.4. The van der Waals surface area contributed by atoms with E-state index in [1.165, 1.54) is 29.3 Å². The van der Waals surface area contributed by atoms with Crippen LogP contribution >= 0.6 is 0 Å². The van der Waals surface area contributed by atoms with Gasteiger partial charge < -0.3 is 10.1 Å². The highest BCUT2D eigenvalue weighted by Gasteiger charge is 2.38. The van der Waals surface area contributed by atoms with Crippen molar-refractivity contribution < 1.29 is 17.9 Å². The molecule has 38 heavy (non-hydrogen) atoms. The van der Waals surface area contributed by atoms with Crippen molar-refractivity contribution in [3.63, 3.8) is 0 Å². The number of nitrogens with zero attached hydrogens (tertiary/aromatic N) is 4. The third kappa shape index (κ3) is 6.53. The van der Waals surface area contributed by atoms with Crippen molar-refractivity contribution in [1.82, 2.24) is 14.1 Å². The Labute approximate surface area is 226 Å². The van der Waals surface area contributed by atoms with Gasteiger partial charge in [0.05, 0.1) is 18.0 Å². The Morgan fingerprint density at radius 1 is 1.08 bits per heavy atom. The van der Waals surface area contributed by atoms with E-state index in [4.69, 9.17) is 11.3 Å². The van der Waals surface area contributed by atoms with Gasteiger partial charge in [-0.05, 0) is 71.0 Å². The summed E-state index contributed by atoms with van der Waals surface area (Å²) in [6.45, 7) is 17.6. The molecule has 1 N–H and O–H groups in total. The Balaban J connectivity index is 1.34. The summed E-state index contributed by atoms with van der Waals surface area (Å²) in [6, 6.07) is 11.1. The normalized spacial score (nSPS) is 21.2. The van der Waals surface area contributed by atoms with Gasteiger partial charge in [0, 0.05) is 43.0 Å². The second-order valence-electron chi connectivity index (χ2n) is 10.2. The molecule has 4 rings (SSSR count). The molecule has 0 unspecified atom stereocenters. The van der Waals surface area contributed by atoms with Gasteiger partial charge in [0.15, 0.2) is 5.69 Å². The van der Waals surface area contributed by atoms with Crippen LogP contribution in [0.3, 0.4) is 0 Å². The maximum absolute atomic E-state index is 13.4. The Morgan fingerprint density at radius 2 is 1.76 bits per heavy atom. The van der Waals surface area contributed by atoms with Crippen LogP contribution < -0.4 is 10.1 Å². The summed E-state index contributed by atoms with van der Waals surface area (Å²) in [5.41, 5.74) is 1.90. The van der Waals surface area contributed by atoms with E-state index in [1.54, 1.807) is 12.1 Å². The van der Waals surface area contributed by atoms with Crippen LogP contribution in [-0.2, 0) is 14.8 Å². The predicted octanol–water partition coefficient (Wildman–Crippen LogP) is 3.74. The third-order valence-corrected chi connectivity index (χ3v) is 9.35. The molecule has 2 aliphatic heterocycles. The first-order valence-electron chi connectivity index (χ1n) is 13.2. The van der Waals surface area contributed by atoms with Crippen molar-refractivity contribution in [3.8, 4) is 5.75 Å². The lowest BCUT2D eigenvalue weighted by molar-refractivity contribution is -0.118. The fraction of sp³-hybridized carbons (Fsp3) is 0.500. The largest absolute Gasteiger partial charge is 0.492 e. The number of nitrogens with one attached hydrogen (secondary N) is 1. The van der Waals surface area contributed by atoms with E-state index >= 15 is 0 Å². The SMILES string of the molecule is [C-]#[N+]c1cccc(S(=O)(=O)N2[C@H](C)CN(CC(=O)Nc3cccc(OCCN4CCCC4)c3C)C[C@@H]2C)c1. The lowest BCUT2D eigenvalue weighted by Crippen LogP contribution is -2.59. The molecule has 0 aliphatic carbocycles. The number of likely N-dealkylation sites (tertiary alicyclic amines) is 1. The van der Waals surface area contributed by atoms with E-state index in [1.807, 2.05) is 43.9 Å². The average molecular weight is 540 g/mol. The van der Waals surface area contributed by atoms with Crippen molar-refractivity contribution in [3.05, 3.63) is 59.4 Å². The smallest absolute Gasteiger partial charge is 0.242 e. The monoisotopic (exact) mass is 539 g/mol. The van der Waals surface area contributed by atoms with Gasteiger partial charge in [-0.15, -0.1) is 0 Å². The van der Waals surface area contributed by atoms with Crippen molar-refractivity contribution in [1.29, 1.82) is 0 Å². The average Bonchev–Trinajstić information content (AvgIpc) is 3.39. The number of rotatable bonds is 9. The van der Waals surface area contributed by atoms with Crippen molar-refractivity contribution in [2.45, 2.75) is 50.6 Å². The minimum atomic E-state index is -3.77. The highest BCUT2D eigenvalue weighted by Crippen LogP contribution is 2.28. The number of hydrogen-bond donors (Lipinski definition) is 1. The molecule has 2 fully saturated rings. The molecule has 204 valence electrons. The Hall–Kier alpha value is -2.97. The number of carbonyl (C=O) groups is 1. The summed E-state index contributed by atoms with van der Waals surface area (Å²) in [7, 11) is -3.77. The predicted molar refractivity (Wildman–Crippen MR) is 148 cm³/mol. The van der Waals surface area contributed by atoms with Crippen LogP contribution in [0, 0.1) is 13.5 Å². The molecule has 9 nitrogen and oxygen atoms in total. The van der Waals surface area contributed by atoms with Crippen LogP contribution in [0.15, 0.2) is 47.4 Å². The zero-order chi connectivity index (χ0) is 27.3. The number of sulfonamides is 1. The standard InChI is InChI=1S/C28H37N5O4S/c1-21-18-32(19-22(2)33(21)38(35,36)25-10-7-9-24(17-25)29-4)20-28(34)30-26-11-8-12-27(23(26)3)37-16-15-31-13-5-6-14-31/h7-12,17,21-22H,5-6,13-16,18-20H2,1-3H3,(H,30,34)/t21-,22+. The van der Waals surface area contributed by atoms with Crippen LogP contribution in [0.25, 0.3) is 4.85 Å². The quantitative estimate of drug-likeness (QED) is 0.489. The van der Waals surface area contributed by atoms with Crippen LogP contribution in [0.1, 0.15) is 32.3 Å². The Kier molecular flexibility index (Phi) is 9.05.